The Morgan fingerprint density at radius 1 is 1.39 bits per heavy atom. The molecule has 0 saturated heterocycles. The third-order valence-electron chi connectivity index (χ3n) is 2.43. The van der Waals surface area contributed by atoms with E-state index in [0.29, 0.717) is 10.2 Å². The molecule has 0 saturated carbocycles. The van der Waals surface area contributed by atoms with Gasteiger partial charge < -0.3 is 0 Å². The van der Waals surface area contributed by atoms with Gasteiger partial charge in [0.15, 0.2) is 0 Å². The zero-order valence-corrected chi connectivity index (χ0v) is 11.3. The zero-order valence-electron chi connectivity index (χ0n) is 9.65. The molecule has 1 aromatic heterocycles. The van der Waals surface area contributed by atoms with Gasteiger partial charge in [-0.15, -0.1) is 11.3 Å². The van der Waals surface area contributed by atoms with E-state index in [9.17, 15) is 18.5 Å². The maximum absolute atomic E-state index is 11.9. The van der Waals surface area contributed by atoms with E-state index < -0.39 is 20.0 Å². The number of nitro benzene ring substituents is 1. The van der Waals surface area contributed by atoms with Gasteiger partial charge in [0.2, 0.25) is 14.2 Å². The fourth-order valence-corrected chi connectivity index (χ4v) is 4.00. The topological polar surface area (TPSA) is 90.2 Å². The number of hydrogen-bond donors (Lipinski definition) is 0. The van der Waals surface area contributed by atoms with Crippen LogP contribution in [-0.2, 0) is 9.84 Å². The molecule has 0 aliphatic rings. The van der Waals surface area contributed by atoms with E-state index in [1.54, 1.807) is 13.8 Å². The van der Waals surface area contributed by atoms with Gasteiger partial charge in [0.25, 0.3) is 5.69 Å². The molecule has 0 atom stereocenters. The van der Waals surface area contributed by atoms with Crippen molar-refractivity contribution in [3.63, 3.8) is 0 Å². The van der Waals surface area contributed by atoms with Crippen molar-refractivity contribution in [3.8, 4) is 0 Å². The van der Waals surface area contributed by atoms with Crippen LogP contribution in [0, 0.1) is 10.1 Å². The molecule has 1 aromatic carbocycles. The molecule has 8 heteroatoms. The molecule has 2 aromatic rings. The largest absolute Gasteiger partial charge is 0.270 e. The first-order valence-corrected chi connectivity index (χ1v) is 7.47. The summed E-state index contributed by atoms with van der Waals surface area (Å²) in [5.74, 6) is 0. The lowest BCUT2D eigenvalue weighted by Gasteiger charge is -2.01. The third-order valence-corrected chi connectivity index (χ3v) is 6.01. The van der Waals surface area contributed by atoms with Crippen LogP contribution in [0.1, 0.15) is 13.8 Å². The molecular formula is C10H10N2O4S2. The van der Waals surface area contributed by atoms with Crippen molar-refractivity contribution in [2.75, 3.05) is 0 Å². The van der Waals surface area contributed by atoms with Crippen molar-refractivity contribution in [2.45, 2.75) is 23.4 Å². The highest BCUT2D eigenvalue weighted by atomic mass is 32.2. The van der Waals surface area contributed by atoms with Crippen LogP contribution in [0.3, 0.4) is 0 Å². The minimum absolute atomic E-state index is 0.00741. The Hall–Kier alpha value is -1.54. The predicted molar refractivity (Wildman–Crippen MR) is 68.6 cm³/mol. The van der Waals surface area contributed by atoms with Crippen LogP contribution in [-0.4, -0.2) is 23.6 Å². The van der Waals surface area contributed by atoms with Gasteiger partial charge in [-0.1, -0.05) is 0 Å². The molecule has 6 nitrogen and oxygen atoms in total. The molecule has 0 aliphatic heterocycles. The fraction of sp³-hybridized carbons (Fsp3) is 0.300. The smallest absolute Gasteiger partial charge is 0.258 e. The molecule has 0 fully saturated rings. The average molecular weight is 286 g/mol. The van der Waals surface area contributed by atoms with Crippen molar-refractivity contribution in [1.82, 2.24) is 4.98 Å². The summed E-state index contributed by atoms with van der Waals surface area (Å²) < 4.78 is 24.4. The number of nitro groups is 1. The average Bonchev–Trinajstić information content (AvgIpc) is 2.71. The highest BCUT2D eigenvalue weighted by Gasteiger charge is 2.24. The summed E-state index contributed by atoms with van der Waals surface area (Å²) in [6, 6.07) is 4.11. The summed E-state index contributed by atoms with van der Waals surface area (Å²) in [6.45, 7) is 3.15. The number of non-ortho nitro benzene ring substituents is 1. The van der Waals surface area contributed by atoms with Crippen molar-refractivity contribution < 1.29 is 13.3 Å². The summed E-state index contributed by atoms with van der Waals surface area (Å²) in [6.07, 6.45) is 0. The highest BCUT2D eigenvalue weighted by Crippen LogP contribution is 2.30. The molecule has 1 heterocycles. The Morgan fingerprint density at radius 2 is 2.06 bits per heavy atom. The molecule has 0 bridgehead atoms. The van der Waals surface area contributed by atoms with Crippen LogP contribution in [0.25, 0.3) is 10.2 Å². The Balaban J connectivity index is 2.62. The third kappa shape index (κ3) is 2.08. The number of nitrogens with zero attached hydrogens (tertiary/aromatic N) is 2. The lowest BCUT2D eigenvalue weighted by molar-refractivity contribution is -0.384. The van der Waals surface area contributed by atoms with Crippen LogP contribution in [0.5, 0.6) is 0 Å². The van der Waals surface area contributed by atoms with E-state index in [4.69, 9.17) is 0 Å². The molecule has 2 rings (SSSR count). The first kappa shape index (κ1) is 12.9. The van der Waals surface area contributed by atoms with Crippen molar-refractivity contribution in [2.24, 2.45) is 0 Å². The fourth-order valence-electron chi connectivity index (χ4n) is 1.33. The summed E-state index contributed by atoms with van der Waals surface area (Å²) in [5.41, 5.74) is 0.393. The van der Waals surface area contributed by atoms with Gasteiger partial charge in [-0.3, -0.25) is 10.1 Å². The summed E-state index contributed by atoms with van der Waals surface area (Å²) in [5, 5.41) is 10.1. The molecule has 0 N–H and O–H groups in total. The van der Waals surface area contributed by atoms with E-state index in [1.807, 2.05) is 0 Å². The Labute approximate surface area is 107 Å². The molecular weight excluding hydrogens is 276 g/mol. The molecule has 0 spiro atoms. The second-order valence-electron chi connectivity index (χ2n) is 3.98. The van der Waals surface area contributed by atoms with E-state index in [2.05, 4.69) is 4.98 Å². The van der Waals surface area contributed by atoms with Crippen LogP contribution in [0.4, 0.5) is 5.69 Å². The van der Waals surface area contributed by atoms with E-state index in [1.165, 1.54) is 18.2 Å². The monoisotopic (exact) mass is 286 g/mol. The van der Waals surface area contributed by atoms with Gasteiger partial charge in [-0.2, -0.15) is 0 Å². The van der Waals surface area contributed by atoms with Gasteiger partial charge in [0.1, 0.15) is 0 Å². The Bertz CT molecular complexity index is 719. The minimum atomic E-state index is -3.43. The molecule has 18 heavy (non-hydrogen) atoms. The number of sulfone groups is 1. The SMILES string of the molecule is CC(C)S(=O)(=O)c1nc2ccc([N+](=O)[O-])cc2s1. The van der Waals surface area contributed by atoms with E-state index in [0.717, 1.165) is 11.3 Å². The first-order valence-electron chi connectivity index (χ1n) is 5.11. The number of fused-ring (bicyclic) bond motifs is 1. The quantitative estimate of drug-likeness (QED) is 0.638. The predicted octanol–water partition coefficient (Wildman–Crippen LogP) is 2.39. The zero-order chi connectivity index (χ0) is 13.5. The normalized spacial score (nSPS) is 12.2. The van der Waals surface area contributed by atoms with Gasteiger partial charge >= 0.3 is 0 Å². The summed E-state index contributed by atoms with van der Waals surface area (Å²) >= 11 is 0.961. The van der Waals surface area contributed by atoms with Gasteiger partial charge in [0, 0.05) is 12.1 Å². The standard InChI is InChI=1S/C10H10N2O4S2/c1-6(2)18(15,16)10-11-8-4-3-7(12(13)14)5-9(8)17-10/h3-6H,1-2H3. The number of benzene rings is 1. The van der Waals surface area contributed by atoms with Crippen LogP contribution < -0.4 is 0 Å². The second-order valence-corrected chi connectivity index (χ2v) is 7.69. The molecule has 0 radical (unpaired) electrons. The van der Waals surface area contributed by atoms with Crippen molar-refractivity contribution >= 4 is 37.1 Å². The lowest BCUT2D eigenvalue weighted by Crippen LogP contribution is -2.13. The summed E-state index contributed by atoms with van der Waals surface area (Å²) in [4.78, 5) is 14.1. The van der Waals surface area contributed by atoms with Crippen LogP contribution >= 0.6 is 11.3 Å². The number of aromatic nitrogens is 1. The minimum Gasteiger partial charge on any atom is -0.258 e. The van der Waals surface area contributed by atoms with Crippen LogP contribution in [0.15, 0.2) is 22.5 Å². The molecule has 0 unspecified atom stereocenters. The molecule has 0 amide bonds. The highest BCUT2D eigenvalue weighted by molar-refractivity contribution is 7.94. The van der Waals surface area contributed by atoms with Gasteiger partial charge in [0.05, 0.1) is 20.4 Å². The lowest BCUT2D eigenvalue weighted by atomic mass is 10.3. The number of hydrogen-bond acceptors (Lipinski definition) is 6. The van der Waals surface area contributed by atoms with E-state index >= 15 is 0 Å². The van der Waals surface area contributed by atoms with Gasteiger partial charge in [-0.25, -0.2) is 13.4 Å². The maximum atomic E-state index is 11.9. The number of rotatable bonds is 3. The number of thiazole rings is 1. The van der Waals surface area contributed by atoms with Crippen molar-refractivity contribution in [3.05, 3.63) is 28.3 Å². The second kappa shape index (κ2) is 4.29. The molecule has 0 aliphatic carbocycles. The van der Waals surface area contributed by atoms with E-state index in [-0.39, 0.29) is 10.0 Å². The maximum Gasteiger partial charge on any atom is 0.270 e. The first-order chi connectivity index (χ1) is 8.32. The Kier molecular flexibility index (Phi) is 3.07. The summed E-state index contributed by atoms with van der Waals surface area (Å²) in [7, 11) is -3.43. The Morgan fingerprint density at radius 3 is 2.61 bits per heavy atom. The van der Waals surface area contributed by atoms with Crippen molar-refractivity contribution in [1.29, 1.82) is 0 Å². The van der Waals surface area contributed by atoms with Crippen LogP contribution in [0.2, 0.25) is 0 Å². The molecule has 96 valence electrons. The van der Waals surface area contributed by atoms with Gasteiger partial charge in [-0.05, 0) is 19.9 Å².